The molecule has 0 heterocycles. The summed E-state index contributed by atoms with van der Waals surface area (Å²) in [7, 11) is 0. The molecule has 0 aliphatic heterocycles. The monoisotopic (exact) mass is 476 g/mol. The minimum absolute atomic E-state index is 0.0828. The van der Waals surface area contributed by atoms with Crippen molar-refractivity contribution in [2.24, 2.45) is 0 Å². The third-order valence-corrected chi connectivity index (χ3v) is 5.63. The van der Waals surface area contributed by atoms with Crippen molar-refractivity contribution in [1.29, 1.82) is 0 Å². The molecular weight excluding hydrogens is 456 g/mol. The van der Waals surface area contributed by atoms with Crippen molar-refractivity contribution in [2.75, 3.05) is 0 Å². The van der Waals surface area contributed by atoms with E-state index in [1.807, 2.05) is 0 Å². The van der Waals surface area contributed by atoms with Crippen LogP contribution in [-0.2, 0) is 9.59 Å². The number of carbonyl (C=O) groups is 4. The number of allylic oxidation sites excluding steroid dienone is 2. The SMILES string of the molecule is CC(=O)Oc1c(C)cc2c(c1O)C(=O)C(c1ccc3cc(C)c(OC(C)=O)c(O)c3c1O)=CC2=O. The van der Waals surface area contributed by atoms with Crippen LogP contribution in [0.2, 0.25) is 0 Å². The molecule has 4 rings (SSSR count). The zero-order chi connectivity index (χ0) is 25.8. The number of ether oxygens (including phenoxy) is 2. The number of carbonyl (C=O) groups excluding carboxylic acids is 4. The lowest BCUT2D eigenvalue weighted by Gasteiger charge is -2.21. The summed E-state index contributed by atoms with van der Waals surface area (Å²) < 4.78 is 10.1. The van der Waals surface area contributed by atoms with Crippen LogP contribution in [0.1, 0.15) is 51.3 Å². The van der Waals surface area contributed by atoms with Gasteiger partial charge < -0.3 is 24.8 Å². The minimum Gasteiger partial charge on any atom is -0.507 e. The van der Waals surface area contributed by atoms with Crippen molar-refractivity contribution in [2.45, 2.75) is 27.7 Å². The highest BCUT2D eigenvalue weighted by Crippen LogP contribution is 2.47. The van der Waals surface area contributed by atoms with Gasteiger partial charge in [-0.15, -0.1) is 0 Å². The Balaban J connectivity index is 1.93. The Labute approximate surface area is 198 Å². The van der Waals surface area contributed by atoms with E-state index in [9.17, 15) is 34.5 Å². The van der Waals surface area contributed by atoms with Crippen molar-refractivity contribution in [3.63, 3.8) is 0 Å². The Morgan fingerprint density at radius 3 is 1.94 bits per heavy atom. The lowest BCUT2D eigenvalue weighted by molar-refractivity contribution is -0.133. The smallest absolute Gasteiger partial charge is 0.308 e. The van der Waals surface area contributed by atoms with Gasteiger partial charge in [0.1, 0.15) is 5.75 Å². The summed E-state index contributed by atoms with van der Waals surface area (Å²) in [5.74, 6) is -4.94. The van der Waals surface area contributed by atoms with E-state index in [2.05, 4.69) is 0 Å². The van der Waals surface area contributed by atoms with E-state index in [0.717, 1.165) is 19.9 Å². The Bertz CT molecular complexity index is 1530. The van der Waals surface area contributed by atoms with Crippen LogP contribution in [-0.4, -0.2) is 38.8 Å². The number of hydrogen-bond acceptors (Lipinski definition) is 9. The highest BCUT2D eigenvalue weighted by molar-refractivity contribution is 6.40. The summed E-state index contributed by atoms with van der Waals surface area (Å²) in [5, 5.41) is 32.8. The second kappa shape index (κ2) is 8.28. The molecule has 0 saturated heterocycles. The molecule has 0 bridgehead atoms. The second-order valence-electron chi connectivity index (χ2n) is 8.16. The molecule has 9 heteroatoms. The normalized spacial score (nSPS) is 12.9. The summed E-state index contributed by atoms with van der Waals surface area (Å²) in [6.07, 6.45) is 1.02. The zero-order valence-electron chi connectivity index (χ0n) is 19.2. The van der Waals surface area contributed by atoms with Crippen molar-refractivity contribution in [1.82, 2.24) is 0 Å². The number of benzene rings is 3. The highest BCUT2D eigenvalue weighted by atomic mass is 16.5. The molecule has 1 aliphatic carbocycles. The highest BCUT2D eigenvalue weighted by Gasteiger charge is 2.34. The van der Waals surface area contributed by atoms with Crippen LogP contribution >= 0.6 is 0 Å². The predicted octanol–water partition coefficient (Wildman–Crippen LogP) is 3.89. The van der Waals surface area contributed by atoms with Gasteiger partial charge in [0, 0.05) is 30.5 Å². The van der Waals surface area contributed by atoms with E-state index < -0.39 is 40.8 Å². The number of Topliss-reactive ketones (excluding diaryl/α,β-unsaturated/α-hetero) is 1. The molecule has 1 aliphatic rings. The van der Waals surface area contributed by atoms with E-state index in [-0.39, 0.29) is 44.7 Å². The topological polar surface area (TPSA) is 147 Å². The van der Waals surface area contributed by atoms with Crippen molar-refractivity contribution >= 4 is 39.9 Å². The molecule has 0 aromatic heterocycles. The lowest BCUT2D eigenvalue weighted by Crippen LogP contribution is -2.18. The van der Waals surface area contributed by atoms with Crippen LogP contribution in [0, 0.1) is 13.8 Å². The van der Waals surface area contributed by atoms with Crippen molar-refractivity contribution < 1.29 is 44.0 Å². The van der Waals surface area contributed by atoms with Crippen LogP contribution in [0.4, 0.5) is 0 Å². The molecule has 3 aromatic carbocycles. The molecule has 0 fully saturated rings. The summed E-state index contributed by atoms with van der Waals surface area (Å²) in [4.78, 5) is 49.2. The number of hydrogen-bond donors (Lipinski definition) is 3. The number of esters is 2. The van der Waals surface area contributed by atoms with Crippen LogP contribution in [0.5, 0.6) is 28.7 Å². The fourth-order valence-corrected chi connectivity index (χ4v) is 4.15. The molecule has 3 N–H and O–H groups in total. The van der Waals surface area contributed by atoms with E-state index >= 15 is 0 Å². The number of ketones is 2. The Hall–Kier alpha value is -4.66. The number of fused-ring (bicyclic) bond motifs is 2. The molecule has 0 saturated carbocycles. The first-order valence-corrected chi connectivity index (χ1v) is 10.4. The Morgan fingerprint density at radius 2 is 1.34 bits per heavy atom. The number of phenols is 3. The average Bonchev–Trinajstić information content (AvgIpc) is 2.76. The standard InChI is InChI=1S/C26H20O9/c1-10-7-14-5-6-15(21(30)19(14)23(32)25(10)34-12(3)27)16-9-18(29)17-8-11(2)26(35-13(4)28)24(33)20(17)22(16)31/h5-9,30,32-33H,1-4H3. The third kappa shape index (κ3) is 3.76. The van der Waals surface area contributed by atoms with Crippen LogP contribution in [0.25, 0.3) is 16.3 Å². The van der Waals surface area contributed by atoms with E-state index in [1.54, 1.807) is 13.0 Å². The number of aryl methyl sites for hydroxylation is 2. The maximum absolute atomic E-state index is 13.4. The first-order valence-electron chi connectivity index (χ1n) is 10.4. The number of phenolic OH excluding ortho intramolecular Hbond substituents is 3. The van der Waals surface area contributed by atoms with Gasteiger partial charge >= 0.3 is 11.9 Å². The molecule has 178 valence electrons. The van der Waals surface area contributed by atoms with Gasteiger partial charge in [0.15, 0.2) is 34.6 Å². The molecule has 9 nitrogen and oxygen atoms in total. The van der Waals surface area contributed by atoms with Crippen LogP contribution < -0.4 is 9.47 Å². The van der Waals surface area contributed by atoms with Gasteiger partial charge in [0.2, 0.25) is 0 Å². The quantitative estimate of drug-likeness (QED) is 0.378. The molecular formula is C26H20O9. The molecule has 0 amide bonds. The average molecular weight is 476 g/mol. The molecule has 0 unspecified atom stereocenters. The van der Waals surface area contributed by atoms with E-state index in [0.29, 0.717) is 10.9 Å². The van der Waals surface area contributed by atoms with E-state index in [1.165, 1.54) is 25.1 Å². The summed E-state index contributed by atoms with van der Waals surface area (Å²) in [6, 6.07) is 5.82. The first kappa shape index (κ1) is 23.5. The van der Waals surface area contributed by atoms with Crippen LogP contribution in [0.15, 0.2) is 30.3 Å². The fraction of sp³-hybridized carbons (Fsp3) is 0.154. The van der Waals surface area contributed by atoms with Gasteiger partial charge in [0.05, 0.1) is 10.9 Å². The van der Waals surface area contributed by atoms with Gasteiger partial charge in [-0.2, -0.15) is 0 Å². The fourth-order valence-electron chi connectivity index (χ4n) is 4.15. The van der Waals surface area contributed by atoms with Gasteiger partial charge in [-0.05, 0) is 54.6 Å². The minimum atomic E-state index is -0.799. The molecule has 0 atom stereocenters. The van der Waals surface area contributed by atoms with Gasteiger partial charge in [-0.3, -0.25) is 19.2 Å². The van der Waals surface area contributed by atoms with Gasteiger partial charge in [0.25, 0.3) is 0 Å². The van der Waals surface area contributed by atoms with Crippen molar-refractivity contribution in [3.05, 3.63) is 58.2 Å². The largest absolute Gasteiger partial charge is 0.507 e. The predicted molar refractivity (Wildman–Crippen MR) is 124 cm³/mol. The summed E-state index contributed by atoms with van der Waals surface area (Å²) in [5.41, 5.74) is -0.0793. The van der Waals surface area contributed by atoms with Crippen LogP contribution in [0.3, 0.4) is 0 Å². The number of rotatable bonds is 3. The molecule has 0 radical (unpaired) electrons. The van der Waals surface area contributed by atoms with Gasteiger partial charge in [-0.1, -0.05) is 6.07 Å². The maximum atomic E-state index is 13.4. The Morgan fingerprint density at radius 1 is 0.771 bits per heavy atom. The second-order valence-corrected chi connectivity index (χ2v) is 8.16. The molecule has 0 spiro atoms. The molecule has 3 aromatic rings. The molecule has 35 heavy (non-hydrogen) atoms. The van der Waals surface area contributed by atoms with Crippen molar-refractivity contribution in [3.8, 4) is 28.7 Å². The number of aromatic hydroxyl groups is 3. The zero-order valence-corrected chi connectivity index (χ0v) is 19.2. The summed E-state index contributed by atoms with van der Waals surface area (Å²) >= 11 is 0. The maximum Gasteiger partial charge on any atom is 0.308 e. The lowest BCUT2D eigenvalue weighted by atomic mass is 9.83. The first-order chi connectivity index (χ1) is 16.4. The third-order valence-electron chi connectivity index (χ3n) is 5.63. The Kier molecular flexibility index (Phi) is 5.56. The van der Waals surface area contributed by atoms with E-state index in [4.69, 9.17) is 9.47 Å². The summed E-state index contributed by atoms with van der Waals surface area (Å²) in [6.45, 7) is 5.40. The van der Waals surface area contributed by atoms with Gasteiger partial charge in [-0.25, -0.2) is 0 Å².